The molecular weight excluding hydrogens is 384 g/mol. The molecule has 0 spiro atoms. The number of aliphatic hydroxyl groups is 1. The molecule has 1 aliphatic heterocycles. The summed E-state index contributed by atoms with van der Waals surface area (Å²) in [4.78, 5) is 17.8. The maximum Gasteiger partial charge on any atom is 0.151 e. The molecule has 0 atom stereocenters. The molecule has 2 bridgehead atoms. The minimum absolute atomic E-state index is 0.0479. The van der Waals surface area contributed by atoms with Gasteiger partial charge in [-0.1, -0.05) is 48.5 Å². The Morgan fingerprint density at radius 3 is 2.29 bits per heavy atom. The fraction of sp³-hybridized carbons (Fsp3) is 0.333. The van der Waals surface area contributed by atoms with Gasteiger partial charge < -0.3 is 10.0 Å². The minimum atomic E-state index is -0.913. The highest BCUT2D eigenvalue weighted by atomic mass is 16.3. The third kappa shape index (κ3) is 2.75. The van der Waals surface area contributed by atoms with E-state index in [9.17, 15) is 9.90 Å². The number of likely N-dealkylation sites (tertiary alicyclic amines) is 1. The SMILES string of the molecule is O=Cc1cncc(C2(O)CCN(CC34CC(c5ccccc53)c3ccccc34)CC2)c1. The van der Waals surface area contributed by atoms with E-state index in [0.29, 0.717) is 24.3 Å². The summed E-state index contributed by atoms with van der Waals surface area (Å²) >= 11 is 0. The molecule has 0 unspecified atom stereocenters. The van der Waals surface area contributed by atoms with Crippen LogP contribution in [0.5, 0.6) is 0 Å². The Morgan fingerprint density at radius 1 is 1.00 bits per heavy atom. The molecule has 0 amide bonds. The number of aromatic nitrogens is 1. The lowest BCUT2D eigenvalue weighted by Gasteiger charge is -2.42. The fourth-order valence-corrected chi connectivity index (χ4v) is 6.34. The van der Waals surface area contributed by atoms with E-state index in [1.54, 1.807) is 18.5 Å². The lowest BCUT2D eigenvalue weighted by atomic mass is 9.74. The second-order valence-electron chi connectivity index (χ2n) is 9.45. The van der Waals surface area contributed by atoms with Crippen molar-refractivity contribution in [2.75, 3.05) is 19.6 Å². The number of fused-ring (bicyclic) bond motifs is 8. The summed E-state index contributed by atoms with van der Waals surface area (Å²) in [6.45, 7) is 2.65. The van der Waals surface area contributed by atoms with E-state index in [4.69, 9.17) is 0 Å². The Morgan fingerprint density at radius 2 is 1.65 bits per heavy atom. The van der Waals surface area contributed by atoms with Gasteiger partial charge in [-0.3, -0.25) is 9.78 Å². The van der Waals surface area contributed by atoms with Crippen LogP contribution in [0.15, 0.2) is 67.0 Å². The van der Waals surface area contributed by atoms with Crippen LogP contribution in [0.2, 0.25) is 0 Å². The lowest BCUT2D eigenvalue weighted by Crippen LogP contribution is -2.47. The average Bonchev–Trinajstić information content (AvgIpc) is 3.33. The standard InChI is InChI=1S/C27H26N2O2/c30-17-19-13-20(16-28-15-19)27(31)9-11-29(12-10-27)18-26-14-23(21-5-1-3-7-24(21)26)22-6-2-4-8-25(22)26/h1-8,13,15-17,23,31H,9-12,14,18H2. The fourth-order valence-electron chi connectivity index (χ4n) is 6.34. The average molecular weight is 411 g/mol. The molecule has 6 rings (SSSR count). The zero-order valence-electron chi connectivity index (χ0n) is 17.5. The molecule has 31 heavy (non-hydrogen) atoms. The van der Waals surface area contributed by atoms with Crippen molar-refractivity contribution in [1.82, 2.24) is 9.88 Å². The number of hydrogen-bond acceptors (Lipinski definition) is 4. The number of rotatable bonds is 4. The highest BCUT2D eigenvalue weighted by molar-refractivity contribution is 5.74. The molecule has 2 aromatic carbocycles. The zero-order valence-corrected chi connectivity index (χ0v) is 17.5. The van der Waals surface area contributed by atoms with E-state index in [1.165, 1.54) is 22.3 Å². The Balaban J connectivity index is 1.28. The van der Waals surface area contributed by atoms with Crippen molar-refractivity contribution in [3.63, 3.8) is 0 Å². The molecule has 156 valence electrons. The molecule has 3 aliphatic rings. The van der Waals surface area contributed by atoms with Gasteiger partial charge in [0.1, 0.15) is 0 Å². The first-order valence-corrected chi connectivity index (χ1v) is 11.2. The Kier molecular flexibility index (Phi) is 4.17. The van der Waals surface area contributed by atoms with Crippen molar-refractivity contribution in [2.24, 2.45) is 0 Å². The summed E-state index contributed by atoms with van der Waals surface area (Å²) in [7, 11) is 0. The van der Waals surface area contributed by atoms with Crippen LogP contribution in [0, 0.1) is 0 Å². The van der Waals surface area contributed by atoms with Crippen LogP contribution in [0.1, 0.15) is 63.4 Å². The first kappa shape index (κ1) is 18.9. The van der Waals surface area contributed by atoms with Gasteiger partial charge in [0, 0.05) is 54.5 Å². The third-order valence-electron chi connectivity index (χ3n) is 7.87. The van der Waals surface area contributed by atoms with E-state index < -0.39 is 5.60 Å². The van der Waals surface area contributed by atoms with Crippen molar-refractivity contribution in [3.05, 3.63) is 100 Å². The number of carbonyl (C=O) groups excluding carboxylic acids is 1. The Bertz CT molecular complexity index is 1120. The van der Waals surface area contributed by atoms with Gasteiger partial charge >= 0.3 is 0 Å². The van der Waals surface area contributed by atoms with Crippen LogP contribution >= 0.6 is 0 Å². The topological polar surface area (TPSA) is 53.4 Å². The number of benzene rings is 2. The molecule has 4 heteroatoms. The normalized spacial score (nSPS) is 25.8. The van der Waals surface area contributed by atoms with E-state index in [1.807, 2.05) is 0 Å². The molecule has 1 fully saturated rings. The maximum absolute atomic E-state index is 11.3. The minimum Gasteiger partial charge on any atom is -0.385 e. The summed E-state index contributed by atoms with van der Waals surface area (Å²) in [5, 5.41) is 11.3. The molecule has 1 saturated heterocycles. The highest BCUT2D eigenvalue weighted by Gasteiger charge is 2.53. The number of piperidine rings is 1. The van der Waals surface area contributed by atoms with Crippen LogP contribution in [0.25, 0.3) is 0 Å². The van der Waals surface area contributed by atoms with Crippen LogP contribution < -0.4 is 0 Å². The number of nitrogens with zero attached hydrogens (tertiary/aromatic N) is 2. The molecule has 2 aliphatic carbocycles. The van der Waals surface area contributed by atoms with Gasteiger partial charge in [0.25, 0.3) is 0 Å². The summed E-state index contributed by atoms with van der Waals surface area (Å²) in [6, 6.07) is 19.7. The lowest BCUT2D eigenvalue weighted by molar-refractivity contribution is -0.0292. The summed E-state index contributed by atoms with van der Waals surface area (Å²) < 4.78 is 0. The zero-order chi connectivity index (χ0) is 21.1. The predicted molar refractivity (Wildman–Crippen MR) is 119 cm³/mol. The van der Waals surface area contributed by atoms with E-state index in [0.717, 1.165) is 37.9 Å². The van der Waals surface area contributed by atoms with Crippen molar-refractivity contribution in [1.29, 1.82) is 0 Å². The molecule has 0 saturated carbocycles. The summed E-state index contributed by atoms with van der Waals surface area (Å²) in [6.07, 6.45) is 6.49. The van der Waals surface area contributed by atoms with Crippen LogP contribution in [0.3, 0.4) is 0 Å². The molecule has 0 radical (unpaired) electrons. The number of hydrogen-bond donors (Lipinski definition) is 1. The smallest absolute Gasteiger partial charge is 0.151 e. The predicted octanol–water partition coefficient (Wildman–Crippen LogP) is 4.01. The highest BCUT2D eigenvalue weighted by Crippen LogP contribution is 2.60. The number of carbonyl (C=O) groups is 1. The van der Waals surface area contributed by atoms with Gasteiger partial charge in [-0.05, 0) is 47.6 Å². The largest absolute Gasteiger partial charge is 0.385 e. The van der Waals surface area contributed by atoms with Crippen molar-refractivity contribution < 1.29 is 9.90 Å². The van der Waals surface area contributed by atoms with E-state index in [-0.39, 0.29) is 5.41 Å². The molecule has 1 aromatic heterocycles. The Labute approximate surface area is 182 Å². The summed E-state index contributed by atoms with van der Waals surface area (Å²) in [5.41, 5.74) is 6.37. The van der Waals surface area contributed by atoms with Crippen molar-refractivity contribution >= 4 is 6.29 Å². The number of pyridine rings is 1. The monoisotopic (exact) mass is 410 g/mol. The quantitative estimate of drug-likeness (QED) is 0.661. The maximum atomic E-state index is 11.3. The Hall–Kier alpha value is -2.82. The van der Waals surface area contributed by atoms with Gasteiger partial charge in [0.2, 0.25) is 0 Å². The van der Waals surface area contributed by atoms with Crippen LogP contribution in [0.4, 0.5) is 0 Å². The van der Waals surface area contributed by atoms with E-state index in [2.05, 4.69) is 58.4 Å². The van der Waals surface area contributed by atoms with Gasteiger partial charge in [0.05, 0.1) is 5.60 Å². The summed E-state index contributed by atoms with van der Waals surface area (Å²) in [5.74, 6) is 0.506. The third-order valence-corrected chi connectivity index (χ3v) is 7.87. The van der Waals surface area contributed by atoms with Crippen LogP contribution in [-0.4, -0.2) is 40.9 Å². The molecule has 3 aromatic rings. The number of aldehydes is 1. The van der Waals surface area contributed by atoms with Crippen molar-refractivity contribution in [3.8, 4) is 0 Å². The van der Waals surface area contributed by atoms with Gasteiger partial charge in [-0.15, -0.1) is 0 Å². The first-order chi connectivity index (χ1) is 15.1. The van der Waals surface area contributed by atoms with Crippen LogP contribution in [-0.2, 0) is 11.0 Å². The van der Waals surface area contributed by atoms with Gasteiger partial charge in [-0.2, -0.15) is 0 Å². The van der Waals surface area contributed by atoms with E-state index >= 15 is 0 Å². The molecule has 2 heterocycles. The molecule has 4 nitrogen and oxygen atoms in total. The van der Waals surface area contributed by atoms with Gasteiger partial charge in [0.15, 0.2) is 6.29 Å². The second-order valence-corrected chi connectivity index (χ2v) is 9.45. The molecular formula is C27H26N2O2. The van der Waals surface area contributed by atoms with Crippen molar-refractivity contribution in [2.45, 2.75) is 36.2 Å². The first-order valence-electron chi connectivity index (χ1n) is 11.2. The van der Waals surface area contributed by atoms with Gasteiger partial charge in [-0.25, -0.2) is 0 Å². The second kappa shape index (κ2) is 6.84. The molecule has 1 N–H and O–H groups in total.